The Bertz CT molecular complexity index is 900. The lowest BCUT2D eigenvalue weighted by Crippen LogP contribution is -2.43. The fourth-order valence-electron chi connectivity index (χ4n) is 3.18. The van der Waals surface area contributed by atoms with Crippen LogP contribution in [0.5, 0.6) is 0 Å². The average Bonchev–Trinajstić information content (AvgIpc) is 2.78. The van der Waals surface area contributed by atoms with Gasteiger partial charge in [0.25, 0.3) is 5.91 Å². The maximum absolute atomic E-state index is 13.2. The standard InChI is InChI=1S/C20H22ClN3O2S/c1-12(2)14-5-6-15(17(27)16(14)21)24-18(25)20(3,4)23(19(24)26)11-13-7-9-22-10-8-13/h5-10,12,27H,11H2,1-4H3. The Kier molecular flexibility index (Phi) is 5.23. The van der Waals surface area contributed by atoms with Gasteiger partial charge in [-0.15, -0.1) is 12.6 Å². The lowest BCUT2D eigenvalue weighted by molar-refractivity contribution is -0.123. The molecule has 0 spiro atoms. The fraction of sp³-hybridized carbons (Fsp3) is 0.350. The number of pyridine rings is 1. The SMILES string of the molecule is CC(C)c1ccc(N2C(=O)N(Cc3ccncc3)C(C)(C)C2=O)c(S)c1Cl. The van der Waals surface area contributed by atoms with Crippen LogP contribution in [0.1, 0.15) is 44.7 Å². The van der Waals surface area contributed by atoms with Crippen LogP contribution in [0.3, 0.4) is 0 Å². The molecule has 27 heavy (non-hydrogen) atoms. The summed E-state index contributed by atoms with van der Waals surface area (Å²) in [6, 6.07) is 6.86. The maximum atomic E-state index is 13.2. The van der Waals surface area contributed by atoms with E-state index in [0.29, 0.717) is 22.2 Å². The quantitative estimate of drug-likeness (QED) is 0.583. The topological polar surface area (TPSA) is 53.5 Å². The molecule has 1 aliphatic rings. The molecule has 2 heterocycles. The summed E-state index contributed by atoms with van der Waals surface area (Å²) >= 11 is 11.0. The van der Waals surface area contributed by atoms with E-state index in [1.165, 1.54) is 4.90 Å². The van der Waals surface area contributed by atoms with E-state index in [1.807, 2.05) is 32.0 Å². The molecule has 3 amide bonds. The number of benzene rings is 1. The lowest BCUT2D eigenvalue weighted by Gasteiger charge is -2.27. The molecule has 1 saturated heterocycles. The van der Waals surface area contributed by atoms with Gasteiger partial charge in [-0.25, -0.2) is 9.69 Å². The molecule has 142 valence electrons. The molecule has 1 fully saturated rings. The number of carbonyl (C=O) groups is 2. The summed E-state index contributed by atoms with van der Waals surface area (Å²) in [5.74, 6) is -0.0905. The molecule has 1 aromatic carbocycles. The monoisotopic (exact) mass is 403 g/mol. The highest BCUT2D eigenvalue weighted by Crippen LogP contribution is 2.41. The number of thiol groups is 1. The molecule has 0 bridgehead atoms. The molecule has 7 heteroatoms. The summed E-state index contributed by atoms with van der Waals surface area (Å²) in [6.45, 7) is 7.86. The Balaban J connectivity index is 2.01. The van der Waals surface area contributed by atoms with Crippen molar-refractivity contribution >= 4 is 41.9 Å². The van der Waals surface area contributed by atoms with Crippen molar-refractivity contribution in [3.63, 3.8) is 0 Å². The number of nitrogens with zero attached hydrogens (tertiary/aromatic N) is 3. The lowest BCUT2D eigenvalue weighted by atomic mass is 10.0. The van der Waals surface area contributed by atoms with Gasteiger partial charge in [-0.1, -0.05) is 31.5 Å². The minimum Gasteiger partial charge on any atom is -0.305 e. The first-order valence-corrected chi connectivity index (χ1v) is 9.55. The van der Waals surface area contributed by atoms with E-state index in [0.717, 1.165) is 11.1 Å². The molecule has 1 aromatic heterocycles. The Morgan fingerprint density at radius 2 is 1.78 bits per heavy atom. The van der Waals surface area contributed by atoms with Gasteiger partial charge < -0.3 is 4.90 Å². The summed E-state index contributed by atoms with van der Waals surface area (Å²) in [5, 5.41) is 0.469. The number of halogens is 1. The predicted octanol–water partition coefficient (Wildman–Crippen LogP) is 4.89. The largest absolute Gasteiger partial charge is 0.332 e. The highest BCUT2D eigenvalue weighted by Gasteiger charge is 2.52. The van der Waals surface area contributed by atoms with E-state index in [2.05, 4.69) is 17.6 Å². The number of amides is 3. The summed E-state index contributed by atoms with van der Waals surface area (Å²) in [6.07, 6.45) is 3.33. The molecule has 2 aromatic rings. The van der Waals surface area contributed by atoms with E-state index in [1.54, 1.807) is 37.2 Å². The Labute approximate surface area is 169 Å². The van der Waals surface area contributed by atoms with E-state index in [9.17, 15) is 9.59 Å². The average molecular weight is 404 g/mol. The van der Waals surface area contributed by atoms with Crippen LogP contribution in [0, 0.1) is 0 Å². The molecule has 0 N–H and O–H groups in total. The van der Waals surface area contributed by atoms with Gasteiger partial charge in [-0.2, -0.15) is 0 Å². The number of urea groups is 1. The second kappa shape index (κ2) is 7.17. The van der Waals surface area contributed by atoms with Crippen molar-refractivity contribution in [2.45, 2.75) is 50.6 Å². The second-order valence-electron chi connectivity index (χ2n) is 7.41. The van der Waals surface area contributed by atoms with E-state index < -0.39 is 5.54 Å². The highest BCUT2D eigenvalue weighted by atomic mass is 35.5. The normalized spacial score (nSPS) is 16.6. The van der Waals surface area contributed by atoms with Gasteiger partial charge >= 0.3 is 6.03 Å². The number of anilines is 1. The summed E-state index contributed by atoms with van der Waals surface area (Å²) in [4.78, 5) is 33.4. The number of carbonyl (C=O) groups excluding carboxylic acids is 2. The number of hydrogen-bond acceptors (Lipinski definition) is 4. The van der Waals surface area contributed by atoms with Gasteiger partial charge in [0.15, 0.2) is 0 Å². The zero-order chi connectivity index (χ0) is 19.9. The molecule has 0 aliphatic carbocycles. The van der Waals surface area contributed by atoms with Gasteiger partial charge in [-0.3, -0.25) is 9.78 Å². The predicted molar refractivity (Wildman–Crippen MR) is 110 cm³/mol. The Hall–Kier alpha value is -2.05. The molecule has 0 saturated carbocycles. The first-order chi connectivity index (χ1) is 12.7. The van der Waals surface area contributed by atoms with Gasteiger partial charge in [0.2, 0.25) is 0 Å². The van der Waals surface area contributed by atoms with Crippen LogP contribution >= 0.6 is 24.2 Å². The van der Waals surface area contributed by atoms with E-state index >= 15 is 0 Å². The molecule has 5 nitrogen and oxygen atoms in total. The first-order valence-electron chi connectivity index (χ1n) is 8.72. The molecule has 0 atom stereocenters. The van der Waals surface area contributed by atoms with Crippen LogP contribution in [-0.2, 0) is 11.3 Å². The van der Waals surface area contributed by atoms with Crippen LogP contribution in [0.4, 0.5) is 10.5 Å². The van der Waals surface area contributed by atoms with Gasteiger partial charge in [-0.05, 0) is 49.1 Å². The minimum absolute atomic E-state index is 0.210. The number of rotatable bonds is 4. The van der Waals surface area contributed by atoms with Crippen molar-refractivity contribution in [1.29, 1.82) is 0 Å². The summed E-state index contributed by atoms with van der Waals surface area (Å²) in [7, 11) is 0. The maximum Gasteiger partial charge on any atom is 0.332 e. The van der Waals surface area contributed by atoms with Crippen LogP contribution in [-0.4, -0.2) is 27.4 Å². The number of hydrogen-bond donors (Lipinski definition) is 1. The number of aromatic nitrogens is 1. The zero-order valence-corrected chi connectivity index (χ0v) is 17.4. The Morgan fingerprint density at radius 1 is 1.15 bits per heavy atom. The smallest absolute Gasteiger partial charge is 0.305 e. The van der Waals surface area contributed by atoms with Gasteiger partial charge in [0.1, 0.15) is 5.54 Å². The van der Waals surface area contributed by atoms with Crippen molar-refractivity contribution in [3.05, 3.63) is 52.8 Å². The van der Waals surface area contributed by atoms with Crippen LogP contribution in [0.25, 0.3) is 0 Å². The van der Waals surface area contributed by atoms with Crippen molar-refractivity contribution in [3.8, 4) is 0 Å². The molecule has 0 unspecified atom stereocenters. The minimum atomic E-state index is -0.982. The van der Waals surface area contributed by atoms with Crippen molar-refractivity contribution < 1.29 is 9.59 Å². The Morgan fingerprint density at radius 3 is 2.37 bits per heavy atom. The number of imide groups is 1. The molecule has 3 rings (SSSR count). The van der Waals surface area contributed by atoms with E-state index in [-0.39, 0.29) is 17.9 Å². The van der Waals surface area contributed by atoms with E-state index in [4.69, 9.17) is 11.6 Å². The third kappa shape index (κ3) is 3.32. The van der Waals surface area contributed by atoms with Crippen LogP contribution in [0.2, 0.25) is 5.02 Å². The van der Waals surface area contributed by atoms with Gasteiger partial charge in [0.05, 0.1) is 10.7 Å². The zero-order valence-electron chi connectivity index (χ0n) is 15.7. The summed E-state index contributed by atoms with van der Waals surface area (Å²) < 4.78 is 0. The van der Waals surface area contributed by atoms with Crippen molar-refractivity contribution in [2.75, 3.05) is 4.90 Å². The third-order valence-electron chi connectivity index (χ3n) is 4.90. The van der Waals surface area contributed by atoms with Crippen LogP contribution in [0.15, 0.2) is 41.6 Å². The van der Waals surface area contributed by atoms with Crippen molar-refractivity contribution in [1.82, 2.24) is 9.88 Å². The summed E-state index contributed by atoms with van der Waals surface area (Å²) in [5.41, 5.74) is 1.26. The third-order valence-corrected chi connectivity index (χ3v) is 5.89. The fourth-order valence-corrected chi connectivity index (χ4v) is 3.86. The first kappa shape index (κ1) is 19.7. The highest BCUT2D eigenvalue weighted by molar-refractivity contribution is 7.80. The second-order valence-corrected chi connectivity index (χ2v) is 8.24. The molecule has 0 radical (unpaired) electrons. The molecular weight excluding hydrogens is 382 g/mol. The van der Waals surface area contributed by atoms with Gasteiger partial charge in [0, 0.05) is 23.8 Å². The molecular formula is C20H22ClN3O2S. The molecule has 1 aliphatic heterocycles. The van der Waals surface area contributed by atoms with Crippen molar-refractivity contribution in [2.24, 2.45) is 0 Å². The van der Waals surface area contributed by atoms with Crippen LogP contribution < -0.4 is 4.90 Å².